The molecule has 0 aliphatic carbocycles. The second-order valence-corrected chi connectivity index (χ2v) is 6.31. The number of hydrogen-bond acceptors (Lipinski definition) is 3. The van der Waals surface area contributed by atoms with Gasteiger partial charge in [-0.1, -0.05) is 12.1 Å². The summed E-state index contributed by atoms with van der Waals surface area (Å²) < 4.78 is 4.16. The third-order valence-corrected chi connectivity index (χ3v) is 4.47. The van der Waals surface area contributed by atoms with Gasteiger partial charge in [-0.15, -0.1) is 0 Å². The number of halogens is 1. The minimum Gasteiger partial charge on any atom is -0.324 e. The Morgan fingerprint density at radius 2 is 1.88 bits per heavy atom. The highest BCUT2D eigenvalue weighted by atomic mass is 79.9. The fourth-order valence-corrected chi connectivity index (χ4v) is 3.32. The van der Waals surface area contributed by atoms with Gasteiger partial charge in [0, 0.05) is 31.5 Å². The Balaban J connectivity index is 1.67. The first-order chi connectivity index (χ1) is 11.6. The molecule has 7 heteroatoms. The van der Waals surface area contributed by atoms with Crippen LogP contribution in [0.25, 0.3) is 16.7 Å². The summed E-state index contributed by atoms with van der Waals surface area (Å²) >= 11 is 3.29. The molecule has 0 amide bonds. The molecule has 0 aliphatic rings. The average molecular weight is 384 g/mol. The van der Waals surface area contributed by atoms with Crippen LogP contribution in [-0.2, 0) is 13.5 Å². The van der Waals surface area contributed by atoms with Crippen molar-refractivity contribution in [3.05, 3.63) is 75.1 Å². The normalized spacial score (nSPS) is 11.2. The van der Waals surface area contributed by atoms with Crippen LogP contribution in [0, 0.1) is 0 Å². The van der Waals surface area contributed by atoms with Crippen molar-refractivity contribution >= 4 is 27.0 Å². The monoisotopic (exact) mass is 383 g/mol. The van der Waals surface area contributed by atoms with E-state index >= 15 is 0 Å². The Morgan fingerprint density at radius 3 is 2.58 bits per heavy atom. The molecule has 0 bridgehead atoms. The molecule has 0 spiro atoms. The fraction of sp³-hybridized carbons (Fsp3) is 0.118. The van der Waals surface area contributed by atoms with Crippen molar-refractivity contribution in [2.75, 3.05) is 0 Å². The number of nitrogens with one attached hydrogen (secondary N) is 1. The summed E-state index contributed by atoms with van der Waals surface area (Å²) in [5, 5.41) is 4.66. The van der Waals surface area contributed by atoms with Gasteiger partial charge in [-0.25, -0.2) is 9.67 Å². The lowest BCUT2D eigenvalue weighted by molar-refractivity contribution is 0.773. The van der Waals surface area contributed by atoms with E-state index in [2.05, 4.69) is 31.0 Å². The molecule has 0 atom stereocenters. The van der Waals surface area contributed by atoms with Gasteiger partial charge in [0.1, 0.15) is 15.8 Å². The van der Waals surface area contributed by atoms with Crippen LogP contribution in [0.15, 0.2) is 58.2 Å². The highest BCUT2D eigenvalue weighted by Crippen LogP contribution is 2.18. The molecule has 6 nitrogen and oxygen atoms in total. The van der Waals surface area contributed by atoms with E-state index in [4.69, 9.17) is 0 Å². The highest BCUT2D eigenvalue weighted by Gasteiger charge is 2.13. The summed E-state index contributed by atoms with van der Waals surface area (Å²) in [5.74, 6) is 0.622. The van der Waals surface area contributed by atoms with E-state index in [0.29, 0.717) is 27.9 Å². The van der Waals surface area contributed by atoms with Crippen molar-refractivity contribution in [3.63, 3.8) is 0 Å². The van der Waals surface area contributed by atoms with Gasteiger partial charge in [0.05, 0.1) is 0 Å². The number of rotatable bonds is 3. The smallest absolute Gasteiger partial charge is 0.263 e. The summed E-state index contributed by atoms with van der Waals surface area (Å²) in [5.41, 5.74) is 2.56. The summed E-state index contributed by atoms with van der Waals surface area (Å²) in [7, 11) is 1.77. The Labute approximate surface area is 145 Å². The van der Waals surface area contributed by atoms with Gasteiger partial charge < -0.3 is 9.55 Å². The number of hydrogen-bond donors (Lipinski definition) is 1. The lowest BCUT2D eigenvalue weighted by Gasteiger charge is -2.05. The van der Waals surface area contributed by atoms with Crippen molar-refractivity contribution in [3.8, 4) is 5.69 Å². The maximum Gasteiger partial charge on any atom is 0.263 e. The number of aromatic nitrogens is 5. The Morgan fingerprint density at radius 1 is 1.17 bits per heavy atom. The predicted octanol–water partition coefficient (Wildman–Crippen LogP) is 2.80. The standard InChI is InChI=1S/C17H14BrN5O/c1-22-16-14(15(18)21-22)17(24)20-13(19-16)10-11-4-6-12(7-5-11)23-8-2-3-9-23/h2-9H,10H2,1H3,(H,19,20,24). The topological polar surface area (TPSA) is 68.5 Å². The van der Waals surface area contributed by atoms with Crippen molar-refractivity contribution in [2.24, 2.45) is 7.05 Å². The zero-order valence-electron chi connectivity index (χ0n) is 12.9. The van der Waals surface area contributed by atoms with Crippen LogP contribution >= 0.6 is 15.9 Å². The molecule has 3 aromatic heterocycles. The van der Waals surface area contributed by atoms with E-state index in [1.165, 1.54) is 0 Å². The molecule has 0 unspecified atom stereocenters. The minimum atomic E-state index is -0.182. The first-order valence-electron chi connectivity index (χ1n) is 7.45. The molecule has 4 rings (SSSR count). The quantitative estimate of drug-likeness (QED) is 0.591. The number of benzene rings is 1. The van der Waals surface area contributed by atoms with E-state index in [-0.39, 0.29) is 5.56 Å². The van der Waals surface area contributed by atoms with Crippen LogP contribution in [0.5, 0.6) is 0 Å². The molecule has 24 heavy (non-hydrogen) atoms. The summed E-state index contributed by atoms with van der Waals surface area (Å²) in [6, 6.07) is 12.2. The SMILES string of the molecule is Cn1nc(Br)c2c(=O)[nH]c(Cc3ccc(-n4cccc4)cc3)nc21. The maximum absolute atomic E-state index is 12.3. The van der Waals surface area contributed by atoms with Gasteiger partial charge in [0.2, 0.25) is 0 Å². The second-order valence-electron chi connectivity index (χ2n) is 5.56. The van der Waals surface area contributed by atoms with Gasteiger partial charge in [-0.3, -0.25) is 4.79 Å². The molecule has 120 valence electrons. The van der Waals surface area contributed by atoms with E-state index in [0.717, 1.165) is 11.3 Å². The van der Waals surface area contributed by atoms with Crippen molar-refractivity contribution < 1.29 is 0 Å². The van der Waals surface area contributed by atoms with Crippen LogP contribution < -0.4 is 5.56 Å². The molecule has 1 N–H and O–H groups in total. The van der Waals surface area contributed by atoms with Crippen LogP contribution in [0.4, 0.5) is 0 Å². The van der Waals surface area contributed by atoms with Crippen molar-refractivity contribution in [2.45, 2.75) is 6.42 Å². The Bertz CT molecular complexity index is 1060. The molecule has 0 aliphatic heterocycles. The van der Waals surface area contributed by atoms with Crippen molar-refractivity contribution in [1.82, 2.24) is 24.3 Å². The predicted molar refractivity (Wildman–Crippen MR) is 95.4 cm³/mol. The largest absolute Gasteiger partial charge is 0.324 e. The third kappa shape index (κ3) is 2.56. The number of nitrogens with zero attached hydrogens (tertiary/aromatic N) is 4. The molecule has 0 saturated heterocycles. The summed E-state index contributed by atoms with van der Waals surface area (Å²) in [6.07, 6.45) is 4.56. The molecule has 0 radical (unpaired) electrons. The van der Waals surface area contributed by atoms with Crippen LogP contribution in [0.3, 0.4) is 0 Å². The van der Waals surface area contributed by atoms with Crippen LogP contribution in [0.1, 0.15) is 11.4 Å². The van der Waals surface area contributed by atoms with Gasteiger partial charge in [0.25, 0.3) is 5.56 Å². The van der Waals surface area contributed by atoms with E-state index in [1.807, 2.05) is 53.4 Å². The minimum absolute atomic E-state index is 0.182. The molecule has 4 aromatic rings. The van der Waals surface area contributed by atoms with Crippen molar-refractivity contribution in [1.29, 1.82) is 0 Å². The average Bonchev–Trinajstić information content (AvgIpc) is 3.17. The van der Waals surface area contributed by atoms with Crippen LogP contribution in [0.2, 0.25) is 0 Å². The lowest BCUT2D eigenvalue weighted by Crippen LogP contribution is -2.12. The molecule has 0 fully saturated rings. The molecule has 0 saturated carbocycles. The number of H-pyrrole nitrogens is 1. The van der Waals surface area contributed by atoms with Gasteiger partial charge in [0.15, 0.2) is 5.65 Å². The zero-order chi connectivity index (χ0) is 16.7. The lowest BCUT2D eigenvalue weighted by atomic mass is 10.1. The summed E-state index contributed by atoms with van der Waals surface area (Å²) in [6.45, 7) is 0. The highest BCUT2D eigenvalue weighted by molar-refractivity contribution is 9.10. The molecule has 1 aromatic carbocycles. The van der Waals surface area contributed by atoms with E-state index in [1.54, 1.807) is 11.7 Å². The second kappa shape index (κ2) is 5.76. The molecule has 3 heterocycles. The number of fused-ring (bicyclic) bond motifs is 1. The van der Waals surface area contributed by atoms with E-state index in [9.17, 15) is 4.79 Å². The fourth-order valence-electron chi connectivity index (χ4n) is 2.73. The first-order valence-corrected chi connectivity index (χ1v) is 8.25. The summed E-state index contributed by atoms with van der Waals surface area (Å²) in [4.78, 5) is 19.6. The van der Waals surface area contributed by atoms with E-state index < -0.39 is 0 Å². The Hall–Kier alpha value is -2.67. The maximum atomic E-state index is 12.3. The third-order valence-electron chi connectivity index (χ3n) is 3.91. The Kier molecular flexibility index (Phi) is 3.57. The van der Waals surface area contributed by atoms with Gasteiger partial charge >= 0.3 is 0 Å². The van der Waals surface area contributed by atoms with Gasteiger partial charge in [-0.05, 0) is 45.8 Å². The molecular formula is C17H14BrN5O. The number of aromatic amines is 1. The number of aryl methyl sites for hydroxylation is 1. The molecular weight excluding hydrogens is 370 g/mol. The zero-order valence-corrected chi connectivity index (χ0v) is 14.5. The first kappa shape index (κ1) is 14.9. The van der Waals surface area contributed by atoms with Crippen LogP contribution in [-0.4, -0.2) is 24.3 Å². The van der Waals surface area contributed by atoms with Gasteiger partial charge in [-0.2, -0.15) is 5.10 Å².